The summed E-state index contributed by atoms with van der Waals surface area (Å²) >= 11 is 0. The van der Waals surface area contributed by atoms with E-state index in [2.05, 4.69) is 31.4 Å². The Balaban J connectivity index is 2.38. The van der Waals surface area contributed by atoms with E-state index >= 15 is 0 Å². The third-order valence-electron chi connectivity index (χ3n) is 3.24. The lowest BCUT2D eigenvalue weighted by molar-refractivity contribution is -0.126. The Labute approximate surface area is 93.0 Å². The molecule has 0 bridgehead atoms. The van der Waals surface area contributed by atoms with Crippen LogP contribution in [0.4, 0.5) is 0 Å². The number of hydrogen-bond donors (Lipinski definition) is 2. The molecule has 0 aromatic heterocycles. The highest BCUT2D eigenvalue weighted by atomic mass is 16.2. The smallest absolute Gasteiger partial charge is 0.224 e. The lowest BCUT2D eigenvalue weighted by Gasteiger charge is -2.26. The molecule has 0 aliphatic carbocycles. The SMILES string of the molecule is CCC(NC(=O)[C@H]1CCCNC1)C(C)C. The molecule has 15 heavy (non-hydrogen) atoms. The highest BCUT2D eigenvalue weighted by Gasteiger charge is 2.23. The quantitative estimate of drug-likeness (QED) is 0.742. The molecule has 1 heterocycles. The molecule has 1 aliphatic rings. The Bertz CT molecular complexity index is 198. The molecule has 1 amide bonds. The topological polar surface area (TPSA) is 41.1 Å². The molecule has 1 fully saturated rings. The summed E-state index contributed by atoms with van der Waals surface area (Å²) in [6, 6.07) is 0.333. The largest absolute Gasteiger partial charge is 0.353 e. The van der Waals surface area contributed by atoms with Gasteiger partial charge in [-0.2, -0.15) is 0 Å². The van der Waals surface area contributed by atoms with Crippen molar-refractivity contribution in [2.75, 3.05) is 13.1 Å². The number of piperidine rings is 1. The maximum atomic E-state index is 11.9. The van der Waals surface area contributed by atoms with Gasteiger partial charge in [0.2, 0.25) is 5.91 Å². The number of hydrogen-bond acceptors (Lipinski definition) is 2. The summed E-state index contributed by atoms with van der Waals surface area (Å²) in [7, 11) is 0. The number of rotatable bonds is 4. The summed E-state index contributed by atoms with van der Waals surface area (Å²) in [5.41, 5.74) is 0. The van der Waals surface area contributed by atoms with Crippen molar-refractivity contribution in [2.24, 2.45) is 11.8 Å². The number of nitrogens with one attached hydrogen (secondary N) is 2. The summed E-state index contributed by atoms with van der Waals surface area (Å²) in [4.78, 5) is 11.9. The van der Waals surface area contributed by atoms with E-state index in [4.69, 9.17) is 0 Å². The predicted octanol–water partition coefficient (Wildman–Crippen LogP) is 1.54. The predicted molar refractivity (Wildman–Crippen MR) is 62.7 cm³/mol. The average molecular weight is 212 g/mol. The van der Waals surface area contributed by atoms with Gasteiger partial charge in [-0.15, -0.1) is 0 Å². The van der Waals surface area contributed by atoms with Crippen LogP contribution in [0, 0.1) is 11.8 Å². The van der Waals surface area contributed by atoms with Crippen molar-refractivity contribution in [1.82, 2.24) is 10.6 Å². The van der Waals surface area contributed by atoms with Gasteiger partial charge in [0.05, 0.1) is 5.92 Å². The fourth-order valence-electron chi connectivity index (χ4n) is 2.12. The van der Waals surface area contributed by atoms with Crippen LogP contribution in [0.2, 0.25) is 0 Å². The van der Waals surface area contributed by atoms with Gasteiger partial charge in [0, 0.05) is 12.6 Å². The first-order chi connectivity index (χ1) is 7.15. The lowest BCUT2D eigenvalue weighted by atomic mass is 9.96. The molecule has 2 N–H and O–H groups in total. The van der Waals surface area contributed by atoms with Crippen LogP contribution >= 0.6 is 0 Å². The van der Waals surface area contributed by atoms with Crippen molar-refractivity contribution in [3.63, 3.8) is 0 Å². The molecule has 3 nitrogen and oxygen atoms in total. The Hall–Kier alpha value is -0.570. The third-order valence-corrected chi connectivity index (χ3v) is 3.24. The Kier molecular flexibility index (Phi) is 5.09. The van der Waals surface area contributed by atoms with Gasteiger partial charge in [-0.1, -0.05) is 20.8 Å². The van der Waals surface area contributed by atoms with Gasteiger partial charge < -0.3 is 10.6 Å². The van der Waals surface area contributed by atoms with Crippen molar-refractivity contribution in [2.45, 2.75) is 46.1 Å². The first-order valence-corrected chi connectivity index (χ1v) is 6.16. The number of carbonyl (C=O) groups is 1. The summed E-state index contributed by atoms with van der Waals surface area (Å²) in [6.07, 6.45) is 3.17. The van der Waals surface area contributed by atoms with Crippen LogP contribution < -0.4 is 10.6 Å². The van der Waals surface area contributed by atoms with Crippen LogP contribution in [0.3, 0.4) is 0 Å². The molecule has 1 rings (SSSR count). The molecular formula is C12H24N2O. The molecule has 1 unspecified atom stereocenters. The molecule has 2 atom stereocenters. The van der Waals surface area contributed by atoms with Crippen molar-refractivity contribution >= 4 is 5.91 Å². The molecule has 0 aromatic carbocycles. The van der Waals surface area contributed by atoms with Crippen LogP contribution in [-0.2, 0) is 4.79 Å². The monoisotopic (exact) mass is 212 g/mol. The highest BCUT2D eigenvalue weighted by Crippen LogP contribution is 2.12. The van der Waals surface area contributed by atoms with Crippen LogP contribution in [0.5, 0.6) is 0 Å². The van der Waals surface area contributed by atoms with Crippen molar-refractivity contribution in [3.05, 3.63) is 0 Å². The minimum absolute atomic E-state index is 0.187. The molecule has 1 aliphatic heterocycles. The Morgan fingerprint density at radius 3 is 2.73 bits per heavy atom. The Morgan fingerprint density at radius 2 is 2.27 bits per heavy atom. The van der Waals surface area contributed by atoms with Gasteiger partial charge in [-0.3, -0.25) is 4.79 Å². The molecule has 88 valence electrons. The van der Waals surface area contributed by atoms with Gasteiger partial charge in [-0.25, -0.2) is 0 Å². The van der Waals surface area contributed by atoms with Gasteiger partial charge in [0.1, 0.15) is 0 Å². The van der Waals surface area contributed by atoms with E-state index in [0.29, 0.717) is 12.0 Å². The first kappa shape index (κ1) is 12.5. The third kappa shape index (κ3) is 3.82. The van der Waals surface area contributed by atoms with Crippen LogP contribution in [-0.4, -0.2) is 25.0 Å². The van der Waals surface area contributed by atoms with Crippen molar-refractivity contribution < 1.29 is 4.79 Å². The van der Waals surface area contributed by atoms with Crippen LogP contribution in [0.15, 0.2) is 0 Å². The maximum Gasteiger partial charge on any atom is 0.224 e. The highest BCUT2D eigenvalue weighted by molar-refractivity contribution is 5.79. The van der Waals surface area contributed by atoms with Crippen LogP contribution in [0.1, 0.15) is 40.0 Å². The average Bonchev–Trinajstić information content (AvgIpc) is 2.26. The standard InChI is InChI=1S/C12H24N2O/c1-4-11(9(2)3)14-12(15)10-6-5-7-13-8-10/h9-11,13H,4-8H2,1-3H3,(H,14,15)/t10-,11?/m0/s1. The fourth-order valence-corrected chi connectivity index (χ4v) is 2.12. The second-order valence-electron chi connectivity index (χ2n) is 4.81. The zero-order valence-electron chi connectivity index (χ0n) is 10.2. The Morgan fingerprint density at radius 1 is 1.53 bits per heavy atom. The molecule has 1 saturated heterocycles. The van der Waals surface area contributed by atoms with Crippen molar-refractivity contribution in [3.8, 4) is 0 Å². The minimum Gasteiger partial charge on any atom is -0.353 e. The number of carbonyl (C=O) groups excluding carboxylic acids is 1. The van der Waals surface area contributed by atoms with Gasteiger partial charge in [-0.05, 0) is 31.7 Å². The molecule has 3 heteroatoms. The molecule has 0 radical (unpaired) electrons. The summed E-state index contributed by atoms with van der Waals surface area (Å²) in [6.45, 7) is 8.36. The zero-order valence-corrected chi connectivity index (χ0v) is 10.2. The van der Waals surface area contributed by atoms with E-state index in [0.717, 1.165) is 32.4 Å². The van der Waals surface area contributed by atoms with Gasteiger partial charge in [0.15, 0.2) is 0 Å². The van der Waals surface area contributed by atoms with Gasteiger partial charge in [0.25, 0.3) is 0 Å². The zero-order chi connectivity index (χ0) is 11.3. The molecule has 0 aromatic rings. The van der Waals surface area contributed by atoms with Gasteiger partial charge >= 0.3 is 0 Å². The number of amides is 1. The summed E-state index contributed by atoms with van der Waals surface area (Å²) < 4.78 is 0. The van der Waals surface area contributed by atoms with E-state index in [1.165, 1.54) is 0 Å². The summed E-state index contributed by atoms with van der Waals surface area (Å²) in [5, 5.41) is 6.43. The first-order valence-electron chi connectivity index (χ1n) is 6.16. The maximum absolute atomic E-state index is 11.9. The summed E-state index contributed by atoms with van der Waals surface area (Å²) in [5.74, 6) is 0.949. The van der Waals surface area contributed by atoms with Crippen molar-refractivity contribution in [1.29, 1.82) is 0 Å². The molecule has 0 saturated carbocycles. The van der Waals surface area contributed by atoms with E-state index in [-0.39, 0.29) is 11.8 Å². The molecule has 0 spiro atoms. The normalized spacial score (nSPS) is 23.9. The molecular weight excluding hydrogens is 188 g/mol. The minimum atomic E-state index is 0.187. The lowest BCUT2D eigenvalue weighted by Crippen LogP contribution is -2.45. The van der Waals surface area contributed by atoms with E-state index < -0.39 is 0 Å². The second kappa shape index (κ2) is 6.11. The van der Waals surface area contributed by atoms with E-state index in [9.17, 15) is 4.79 Å². The van der Waals surface area contributed by atoms with E-state index in [1.807, 2.05) is 0 Å². The fraction of sp³-hybridized carbons (Fsp3) is 0.917. The second-order valence-corrected chi connectivity index (χ2v) is 4.81. The van der Waals surface area contributed by atoms with E-state index in [1.54, 1.807) is 0 Å². The van der Waals surface area contributed by atoms with Crippen LogP contribution in [0.25, 0.3) is 0 Å².